The number of carbonyl (C=O) groups is 1. The van der Waals surface area contributed by atoms with Crippen LogP contribution in [-0.2, 0) is 20.7 Å². The largest absolute Gasteiger partial charge is 0.466 e. The van der Waals surface area contributed by atoms with E-state index < -0.39 is 0 Å². The lowest BCUT2D eigenvalue weighted by Crippen LogP contribution is -2.36. The van der Waals surface area contributed by atoms with E-state index in [1.165, 1.54) is 0 Å². The third-order valence-electron chi connectivity index (χ3n) is 3.57. The van der Waals surface area contributed by atoms with E-state index in [1.54, 1.807) is 11.3 Å². The number of thiazole rings is 1. The second kappa shape index (κ2) is 7.04. The minimum absolute atomic E-state index is 0.159. The number of aryl methyl sites for hydroxylation is 1. The number of ether oxygens (including phenoxy) is 2. The summed E-state index contributed by atoms with van der Waals surface area (Å²) < 4.78 is 10.5. The molecule has 1 aliphatic rings. The highest BCUT2D eigenvalue weighted by molar-refractivity contribution is 7.13. The Kier molecular flexibility index (Phi) is 5.37. The highest BCUT2D eigenvalue weighted by Crippen LogP contribution is 2.27. The van der Waals surface area contributed by atoms with Crippen LogP contribution in [0.2, 0.25) is 0 Å². The minimum Gasteiger partial charge on any atom is -0.466 e. The first-order chi connectivity index (χ1) is 9.61. The van der Waals surface area contributed by atoms with Crippen molar-refractivity contribution < 1.29 is 14.3 Å². The topological polar surface area (TPSA) is 51.7 Å². The van der Waals surface area contributed by atoms with Gasteiger partial charge in [0.05, 0.1) is 30.9 Å². The number of likely N-dealkylation sites (N-methyl/N-ethyl adjacent to an activating group) is 1. The predicted molar refractivity (Wildman–Crippen MR) is 79.3 cm³/mol. The van der Waals surface area contributed by atoms with E-state index in [0.29, 0.717) is 25.5 Å². The van der Waals surface area contributed by atoms with Gasteiger partial charge in [-0.1, -0.05) is 0 Å². The normalized spacial score (nSPS) is 21.9. The number of anilines is 1. The van der Waals surface area contributed by atoms with Gasteiger partial charge in [-0.05, 0) is 20.3 Å². The molecule has 1 aromatic heterocycles. The molecule has 1 fully saturated rings. The summed E-state index contributed by atoms with van der Waals surface area (Å²) in [4.78, 5) is 18.1. The number of hydrogen-bond acceptors (Lipinski definition) is 6. The van der Waals surface area contributed by atoms with Crippen molar-refractivity contribution in [2.75, 3.05) is 25.2 Å². The highest BCUT2D eigenvalue weighted by Gasteiger charge is 2.29. The molecule has 2 unspecified atom stereocenters. The number of carbonyl (C=O) groups excluding carboxylic acids is 1. The predicted octanol–water partition coefficient (Wildman–Crippen LogP) is 2.25. The number of nitrogens with zero attached hydrogens (tertiary/aromatic N) is 2. The molecule has 0 radical (unpaired) electrons. The highest BCUT2D eigenvalue weighted by atomic mass is 32.1. The van der Waals surface area contributed by atoms with E-state index in [4.69, 9.17) is 9.47 Å². The molecule has 1 saturated heterocycles. The summed E-state index contributed by atoms with van der Waals surface area (Å²) in [5.41, 5.74) is 0.955. The summed E-state index contributed by atoms with van der Waals surface area (Å²) in [6, 6.07) is 0.388. The van der Waals surface area contributed by atoms with Gasteiger partial charge in [-0.3, -0.25) is 4.79 Å². The SMILES string of the molecule is CCOC(=O)CCc1csc(N(C)C2CCOC2C)n1. The van der Waals surface area contributed by atoms with Crippen molar-refractivity contribution in [2.45, 2.75) is 45.3 Å². The van der Waals surface area contributed by atoms with Crippen LogP contribution in [0.25, 0.3) is 0 Å². The van der Waals surface area contributed by atoms with E-state index in [-0.39, 0.29) is 12.1 Å². The molecule has 0 N–H and O–H groups in total. The monoisotopic (exact) mass is 298 g/mol. The van der Waals surface area contributed by atoms with Gasteiger partial charge in [-0.2, -0.15) is 0 Å². The molecule has 0 aliphatic carbocycles. The zero-order chi connectivity index (χ0) is 14.5. The molecule has 1 aliphatic heterocycles. The molecule has 0 bridgehead atoms. The molecule has 2 heterocycles. The zero-order valence-electron chi connectivity index (χ0n) is 12.3. The molecular weight excluding hydrogens is 276 g/mol. The summed E-state index contributed by atoms with van der Waals surface area (Å²) >= 11 is 1.62. The van der Waals surface area contributed by atoms with Crippen molar-refractivity contribution in [1.29, 1.82) is 0 Å². The molecule has 112 valence electrons. The fourth-order valence-electron chi connectivity index (χ4n) is 2.41. The molecule has 0 spiro atoms. The molecule has 1 aromatic rings. The Morgan fingerprint density at radius 3 is 3.10 bits per heavy atom. The standard InChI is InChI=1S/C14H22N2O3S/c1-4-18-13(17)6-5-11-9-20-14(15-11)16(3)12-7-8-19-10(12)2/h9-10,12H,4-8H2,1-3H3. The van der Waals surface area contributed by atoms with Gasteiger partial charge in [0, 0.05) is 25.5 Å². The maximum atomic E-state index is 11.3. The third kappa shape index (κ3) is 3.70. The van der Waals surface area contributed by atoms with Crippen LogP contribution in [0.5, 0.6) is 0 Å². The van der Waals surface area contributed by atoms with Crippen LogP contribution in [0.3, 0.4) is 0 Å². The first kappa shape index (κ1) is 15.3. The molecule has 0 amide bonds. The van der Waals surface area contributed by atoms with E-state index >= 15 is 0 Å². The molecule has 0 aromatic carbocycles. The number of hydrogen-bond donors (Lipinski definition) is 0. The summed E-state index contributed by atoms with van der Waals surface area (Å²) in [6.07, 6.45) is 2.31. The Hall–Kier alpha value is -1.14. The van der Waals surface area contributed by atoms with Gasteiger partial charge >= 0.3 is 5.97 Å². The van der Waals surface area contributed by atoms with Crippen LogP contribution in [0.15, 0.2) is 5.38 Å². The lowest BCUT2D eigenvalue weighted by Gasteiger charge is -2.26. The molecule has 20 heavy (non-hydrogen) atoms. The maximum absolute atomic E-state index is 11.3. The molecule has 2 rings (SSSR count). The van der Waals surface area contributed by atoms with Crippen molar-refractivity contribution in [3.63, 3.8) is 0 Å². The van der Waals surface area contributed by atoms with Crippen LogP contribution in [0.4, 0.5) is 5.13 Å². The van der Waals surface area contributed by atoms with Gasteiger partial charge in [-0.15, -0.1) is 11.3 Å². The summed E-state index contributed by atoms with van der Waals surface area (Å²) in [5, 5.41) is 3.01. The fraction of sp³-hybridized carbons (Fsp3) is 0.714. The number of rotatable bonds is 6. The average molecular weight is 298 g/mol. The Morgan fingerprint density at radius 1 is 1.65 bits per heavy atom. The van der Waals surface area contributed by atoms with Crippen LogP contribution < -0.4 is 4.90 Å². The van der Waals surface area contributed by atoms with Gasteiger partial charge in [0.2, 0.25) is 0 Å². The van der Waals surface area contributed by atoms with Gasteiger partial charge in [0.25, 0.3) is 0 Å². The van der Waals surface area contributed by atoms with Gasteiger partial charge in [-0.25, -0.2) is 4.98 Å². The summed E-state index contributed by atoms with van der Waals surface area (Å²) in [5.74, 6) is -0.159. The van der Waals surface area contributed by atoms with Crippen molar-refractivity contribution in [3.8, 4) is 0 Å². The summed E-state index contributed by atoms with van der Waals surface area (Å²) in [6.45, 7) is 5.17. The lowest BCUT2D eigenvalue weighted by atomic mass is 10.1. The van der Waals surface area contributed by atoms with Crippen molar-refractivity contribution in [1.82, 2.24) is 4.98 Å². The van der Waals surface area contributed by atoms with E-state index in [2.05, 4.69) is 23.9 Å². The quantitative estimate of drug-likeness (QED) is 0.754. The van der Waals surface area contributed by atoms with Gasteiger partial charge < -0.3 is 14.4 Å². The minimum atomic E-state index is -0.159. The Morgan fingerprint density at radius 2 is 2.45 bits per heavy atom. The van der Waals surface area contributed by atoms with Crippen molar-refractivity contribution in [3.05, 3.63) is 11.1 Å². The molecule has 0 saturated carbocycles. The zero-order valence-corrected chi connectivity index (χ0v) is 13.1. The first-order valence-electron chi connectivity index (χ1n) is 7.06. The van der Waals surface area contributed by atoms with Crippen LogP contribution >= 0.6 is 11.3 Å². The molecule has 2 atom stereocenters. The molecular formula is C14H22N2O3S. The Balaban J connectivity index is 1.89. The van der Waals surface area contributed by atoms with Crippen molar-refractivity contribution >= 4 is 22.4 Å². The third-order valence-corrected chi connectivity index (χ3v) is 4.55. The van der Waals surface area contributed by atoms with Crippen LogP contribution in [0, 0.1) is 0 Å². The van der Waals surface area contributed by atoms with Crippen LogP contribution in [-0.4, -0.2) is 43.4 Å². The Labute approximate surface area is 123 Å². The van der Waals surface area contributed by atoms with E-state index in [0.717, 1.165) is 23.9 Å². The molecule has 5 nitrogen and oxygen atoms in total. The van der Waals surface area contributed by atoms with Crippen molar-refractivity contribution in [2.24, 2.45) is 0 Å². The second-order valence-corrected chi connectivity index (χ2v) is 5.81. The lowest BCUT2D eigenvalue weighted by molar-refractivity contribution is -0.143. The second-order valence-electron chi connectivity index (χ2n) is 4.97. The molecule has 6 heteroatoms. The number of esters is 1. The average Bonchev–Trinajstić information content (AvgIpc) is 3.05. The maximum Gasteiger partial charge on any atom is 0.306 e. The smallest absolute Gasteiger partial charge is 0.306 e. The van der Waals surface area contributed by atoms with E-state index in [1.807, 2.05) is 12.3 Å². The fourth-order valence-corrected chi connectivity index (χ4v) is 3.29. The Bertz CT molecular complexity index is 449. The van der Waals surface area contributed by atoms with Gasteiger partial charge in [0.1, 0.15) is 0 Å². The number of aromatic nitrogens is 1. The summed E-state index contributed by atoms with van der Waals surface area (Å²) in [7, 11) is 2.06. The van der Waals surface area contributed by atoms with Crippen LogP contribution in [0.1, 0.15) is 32.4 Å². The van der Waals surface area contributed by atoms with E-state index in [9.17, 15) is 4.79 Å². The first-order valence-corrected chi connectivity index (χ1v) is 7.94. The van der Waals surface area contributed by atoms with Gasteiger partial charge in [0.15, 0.2) is 5.13 Å².